The first-order valence-corrected chi connectivity index (χ1v) is 7.90. The van der Waals surface area contributed by atoms with Crippen molar-refractivity contribution in [1.29, 1.82) is 0 Å². The molecule has 0 aliphatic heterocycles. The Hall–Kier alpha value is -2.38. The first-order valence-electron chi connectivity index (χ1n) is 6.53. The van der Waals surface area contributed by atoms with E-state index in [1.807, 2.05) is 24.3 Å². The molecule has 0 aromatic heterocycles. The molecule has 0 bridgehead atoms. The van der Waals surface area contributed by atoms with Gasteiger partial charge in [0.15, 0.2) is 5.17 Å². The van der Waals surface area contributed by atoms with E-state index in [1.54, 1.807) is 12.1 Å². The highest BCUT2D eigenvalue weighted by Gasteiger charge is 2.03. The molecule has 0 amide bonds. The highest BCUT2D eigenvalue weighted by molar-refractivity contribution is 8.13. The summed E-state index contributed by atoms with van der Waals surface area (Å²) in [6.07, 6.45) is 1.48. The third-order valence-electron chi connectivity index (χ3n) is 2.80. The molecule has 2 N–H and O–H groups in total. The number of rotatable bonds is 5. The molecule has 2 aromatic carbocycles. The molecule has 6 nitrogen and oxygen atoms in total. The Kier molecular flexibility index (Phi) is 6.13. The van der Waals surface area contributed by atoms with Gasteiger partial charge < -0.3 is 5.73 Å². The van der Waals surface area contributed by atoms with Crippen LogP contribution in [0.4, 0.5) is 5.69 Å². The summed E-state index contributed by atoms with van der Waals surface area (Å²) in [6.45, 7) is 0. The Labute approximate surface area is 142 Å². The van der Waals surface area contributed by atoms with E-state index in [0.29, 0.717) is 21.5 Å². The molecule has 0 aliphatic rings. The van der Waals surface area contributed by atoms with E-state index >= 15 is 0 Å². The molecule has 0 radical (unpaired) electrons. The molecule has 118 valence electrons. The molecule has 8 heteroatoms. The molecule has 0 spiro atoms. The third-order valence-corrected chi connectivity index (χ3v) is 4.00. The minimum atomic E-state index is -0.456. The number of nitrogens with zero attached hydrogens (tertiary/aromatic N) is 3. The quantitative estimate of drug-likeness (QED) is 0.384. The minimum Gasteiger partial charge on any atom is -0.377 e. The van der Waals surface area contributed by atoms with Crippen molar-refractivity contribution >= 4 is 40.4 Å². The summed E-state index contributed by atoms with van der Waals surface area (Å²) in [7, 11) is 0. The van der Waals surface area contributed by atoms with E-state index in [0.717, 1.165) is 5.56 Å². The average molecular weight is 349 g/mol. The molecule has 0 saturated carbocycles. The number of nitrogens with two attached hydrogens (primary N) is 1. The van der Waals surface area contributed by atoms with Gasteiger partial charge in [-0.05, 0) is 29.3 Å². The maximum absolute atomic E-state index is 10.5. The molecule has 0 fully saturated rings. The second-order valence-corrected chi connectivity index (χ2v) is 5.81. The standard InChI is InChI=1S/C15H13ClN4O2S/c16-14-4-2-1-3-12(14)10-23-15(17)19-18-9-11-5-7-13(8-6-11)20(21)22/h1-9H,10H2,(H2,17,19)/b18-9+. The number of thioether (sulfide) groups is 1. The normalized spacial score (nSPS) is 11.8. The van der Waals surface area contributed by atoms with Crippen LogP contribution in [0.5, 0.6) is 0 Å². The van der Waals surface area contributed by atoms with Gasteiger partial charge in [-0.25, -0.2) is 0 Å². The van der Waals surface area contributed by atoms with Crippen LogP contribution in [0.15, 0.2) is 58.7 Å². The molecule has 0 aliphatic carbocycles. The van der Waals surface area contributed by atoms with Gasteiger partial charge in [-0.2, -0.15) is 5.10 Å². The van der Waals surface area contributed by atoms with Crippen molar-refractivity contribution in [2.75, 3.05) is 0 Å². The number of nitro benzene ring substituents is 1. The van der Waals surface area contributed by atoms with Crippen LogP contribution < -0.4 is 5.73 Å². The maximum Gasteiger partial charge on any atom is 0.269 e. The van der Waals surface area contributed by atoms with Crippen molar-refractivity contribution in [2.45, 2.75) is 5.75 Å². The van der Waals surface area contributed by atoms with Gasteiger partial charge in [-0.15, -0.1) is 5.10 Å². The number of amidine groups is 1. The van der Waals surface area contributed by atoms with Gasteiger partial charge in [-0.1, -0.05) is 41.6 Å². The van der Waals surface area contributed by atoms with Crippen molar-refractivity contribution in [3.63, 3.8) is 0 Å². The number of benzene rings is 2. The summed E-state index contributed by atoms with van der Waals surface area (Å²) in [6, 6.07) is 13.5. The summed E-state index contributed by atoms with van der Waals surface area (Å²) in [5.74, 6) is 0.599. The Morgan fingerprint density at radius 3 is 2.61 bits per heavy atom. The van der Waals surface area contributed by atoms with Gasteiger partial charge in [0, 0.05) is 22.9 Å². The number of halogens is 1. The SMILES string of the molecule is N/C(=N\N=C\c1ccc([N+](=O)[O-])cc1)SCc1ccccc1Cl. The van der Waals surface area contributed by atoms with E-state index in [2.05, 4.69) is 10.2 Å². The van der Waals surface area contributed by atoms with Crippen molar-refractivity contribution < 1.29 is 4.92 Å². The molecule has 2 aromatic rings. The zero-order valence-electron chi connectivity index (χ0n) is 11.9. The number of hydrogen-bond acceptors (Lipinski definition) is 5. The van der Waals surface area contributed by atoms with E-state index in [1.165, 1.54) is 30.1 Å². The van der Waals surface area contributed by atoms with E-state index in [4.69, 9.17) is 17.3 Å². The number of nitro groups is 1. The zero-order valence-corrected chi connectivity index (χ0v) is 13.5. The van der Waals surface area contributed by atoms with E-state index in [-0.39, 0.29) is 5.69 Å². The largest absolute Gasteiger partial charge is 0.377 e. The van der Waals surface area contributed by atoms with Gasteiger partial charge in [0.2, 0.25) is 0 Å². The van der Waals surface area contributed by atoms with Crippen molar-refractivity contribution in [2.24, 2.45) is 15.9 Å². The Morgan fingerprint density at radius 1 is 1.26 bits per heavy atom. The molecule has 0 heterocycles. The third kappa shape index (κ3) is 5.39. The molecule has 0 unspecified atom stereocenters. The Balaban J connectivity index is 1.91. The second kappa shape index (κ2) is 8.30. The van der Waals surface area contributed by atoms with Crippen LogP contribution in [-0.4, -0.2) is 16.3 Å². The topological polar surface area (TPSA) is 93.9 Å². The molecule has 0 atom stereocenters. The zero-order chi connectivity index (χ0) is 16.7. The lowest BCUT2D eigenvalue weighted by Gasteiger charge is -2.02. The summed E-state index contributed by atoms with van der Waals surface area (Å²) in [5, 5.41) is 19.3. The van der Waals surface area contributed by atoms with Crippen molar-refractivity contribution in [3.05, 3.63) is 74.8 Å². The Morgan fingerprint density at radius 2 is 1.96 bits per heavy atom. The lowest BCUT2D eigenvalue weighted by Crippen LogP contribution is -2.06. The van der Waals surface area contributed by atoms with Crippen LogP contribution >= 0.6 is 23.4 Å². The highest BCUT2D eigenvalue weighted by Crippen LogP contribution is 2.20. The maximum atomic E-state index is 10.5. The monoisotopic (exact) mass is 348 g/mol. The fourth-order valence-corrected chi connectivity index (χ4v) is 2.57. The van der Waals surface area contributed by atoms with Crippen LogP contribution in [0.25, 0.3) is 0 Å². The van der Waals surface area contributed by atoms with E-state index in [9.17, 15) is 10.1 Å². The molecule has 2 rings (SSSR count). The molecule has 23 heavy (non-hydrogen) atoms. The predicted molar refractivity (Wildman–Crippen MR) is 95.1 cm³/mol. The minimum absolute atomic E-state index is 0.0282. The fourth-order valence-electron chi connectivity index (χ4n) is 1.63. The Bertz CT molecular complexity index is 747. The van der Waals surface area contributed by atoms with Crippen LogP contribution in [0.3, 0.4) is 0 Å². The number of non-ortho nitro benzene ring substituents is 1. The smallest absolute Gasteiger partial charge is 0.269 e. The van der Waals surface area contributed by atoms with Crippen LogP contribution in [-0.2, 0) is 5.75 Å². The van der Waals surface area contributed by atoms with Gasteiger partial charge in [0.05, 0.1) is 11.1 Å². The van der Waals surface area contributed by atoms with Gasteiger partial charge >= 0.3 is 0 Å². The van der Waals surface area contributed by atoms with Gasteiger partial charge in [-0.3, -0.25) is 10.1 Å². The second-order valence-electron chi connectivity index (χ2n) is 4.41. The fraction of sp³-hybridized carbons (Fsp3) is 0.0667. The first-order chi connectivity index (χ1) is 11.1. The summed E-state index contributed by atoms with van der Waals surface area (Å²) in [5.41, 5.74) is 7.46. The lowest BCUT2D eigenvalue weighted by molar-refractivity contribution is -0.384. The highest BCUT2D eigenvalue weighted by atomic mass is 35.5. The molecule has 0 saturated heterocycles. The predicted octanol–water partition coefficient (Wildman–Crippen LogP) is 3.83. The van der Waals surface area contributed by atoms with Gasteiger partial charge in [0.1, 0.15) is 0 Å². The van der Waals surface area contributed by atoms with E-state index < -0.39 is 4.92 Å². The average Bonchev–Trinajstić information content (AvgIpc) is 2.54. The molecular weight excluding hydrogens is 336 g/mol. The van der Waals surface area contributed by atoms with Gasteiger partial charge in [0.25, 0.3) is 5.69 Å². The summed E-state index contributed by atoms with van der Waals surface area (Å²) in [4.78, 5) is 10.1. The lowest BCUT2D eigenvalue weighted by atomic mass is 10.2. The van der Waals surface area contributed by atoms with Crippen LogP contribution in [0.2, 0.25) is 5.02 Å². The van der Waals surface area contributed by atoms with Crippen LogP contribution in [0.1, 0.15) is 11.1 Å². The summed E-state index contributed by atoms with van der Waals surface area (Å²) >= 11 is 7.38. The van der Waals surface area contributed by atoms with Crippen molar-refractivity contribution in [1.82, 2.24) is 0 Å². The first kappa shape index (κ1) is 17.0. The number of hydrogen-bond donors (Lipinski definition) is 1. The summed E-state index contributed by atoms with van der Waals surface area (Å²) < 4.78 is 0. The van der Waals surface area contributed by atoms with Crippen LogP contribution in [0, 0.1) is 10.1 Å². The molecular formula is C15H13ClN4O2S. The van der Waals surface area contributed by atoms with Crippen molar-refractivity contribution in [3.8, 4) is 0 Å².